The minimum atomic E-state index is -0.896. The van der Waals surface area contributed by atoms with E-state index in [1.165, 1.54) is 4.90 Å². The summed E-state index contributed by atoms with van der Waals surface area (Å²) in [6.45, 7) is 5.48. The highest BCUT2D eigenvalue weighted by molar-refractivity contribution is 5.86. The predicted molar refractivity (Wildman–Crippen MR) is 81.9 cm³/mol. The summed E-state index contributed by atoms with van der Waals surface area (Å²) < 4.78 is 1.89. The summed E-state index contributed by atoms with van der Waals surface area (Å²) in [4.78, 5) is 12.9. The minimum absolute atomic E-state index is 0.355. The fraction of sp³-hybridized carbons (Fsp3) is 0.375. The van der Waals surface area contributed by atoms with Gasteiger partial charge in [-0.2, -0.15) is 5.10 Å². The second kappa shape index (κ2) is 5.24. The van der Waals surface area contributed by atoms with Crippen molar-refractivity contribution in [1.29, 1.82) is 0 Å². The predicted octanol–water partition coefficient (Wildman–Crippen LogP) is 3.42. The third kappa shape index (κ3) is 2.51. The maximum atomic E-state index is 11.5. The van der Waals surface area contributed by atoms with Gasteiger partial charge in [-0.05, 0) is 25.3 Å². The van der Waals surface area contributed by atoms with Crippen molar-refractivity contribution in [3.63, 3.8) is 0 Å². The molecular formula is C16H19N3O2. The maximum Gasteiger partial charge on any atom is 0.411 e. The minimum Gasteiger partial charge on any atom is -0.465 e. The van der Waals surface area contributed by atoms with Crippen molar-refractivity contribution >= 4 is 22.7 Å². The maximum absolute atomic E-state index is 11.5. The number of aromatic nitrogens is 2. The van der Waals surface area contributed by atoms with Gasteiger partial charge in [-0.15, -0.1) is 0 Å². The topological polar surface area (TPSA) is 58.4 Å². The van der Waals surface area contributed by atoms with E-state index in [9.17, 15) is 9.90 Å². The molecule has 0 saturated heterocycles. The normalized spacial score (nSPS) is 18.9. The molecule has 0 fully saturated rings. The Hall–Kier alpha value is -2.30. The Kier molecular flexibility index (Phi) is 3.41. The first-order valence-corrected chi connectivity index (χ1v) is 7.26. The molecule has 1 N–H and O–H groups in total. The van der Waals surface area contributed by atoms with E-state index in [-0.39, 0.29) is 0 Å². The van der Waals surface area contributed by atoms with Gasteiger partial charge < -0.3 is 5.11 Å². The highest BCUT2D eigenvalue weighted by Gasteiger charge is 2.24. The Morgan fingerprint density at radius 2 is 2.29 bits per heavy atom. The molecule has 21 heavy (non-hydrogen) atoms. The summed E-state index contributed by atoms with van der Waals surface area (Å²) in [5, 5.41) is 15.0. The van der Waals surface area contributed by atoms with E-state index in [0.29, 0.717) is 12.5 Å². The van der Waals surface area contributed by atoms with Gasteiger partial charge in [0.2, 0.25) is 0 Å². The molecule has 2 heterocycles. The van der Waals surface area contributed by atoms with Crippen molar-refractivity contribution in [2.45, 2.75) is 26.8 Å². The van der Waals surface area contributed by atoms with E-state index in [4.69, 9.17) is 0 Å². The van der Waals surface area contributed by atoms with Crippen LogP contribution in [0.3, 0.4) is 0 Å². The number of carbonyl (C=O) groups is 1. The van der Waals surface area contributed by atoms with Crippen LogP contribution in [0.15, 0.2) is 30.5 Å². The summed E-state index contributed by atoms with van der Waals surface area (Å²) in [5.41, 5.74) is 2.59. The lowest BCUT2D eigenvalue weighted by molar-refractivity contribution is 0.159. The number of allylic oxidation sites excluding steroid dienone is 1. The molecule has 0 aliphatic carbocycles. The van der Waals surface area contributed by atoms with Crippen LogP contribution >= 0.6 is 0 Å². The summed E-state index contributed by atoms with van der Waals surface area (Å²) in [7, 11) is 0. The zero-order valence-electron chi connectivity index (χ0n) is 12.3. The highest BCUT2D eigenvalue weighted by atomic mass is 16.4. The lowest BCUT2D eigenvalue weighted by Gasteiger charge is -2.29. The smallest absolute Gasteiger partial charge is 0.411 e. The fourth-order valence-electron chi connectivity index (χ4n) is 2.75. The van der Waals surface area contributed by atoms with Crippen LogP contribution in [0.4, 0.5) is 4.79 Å². The van der Waals surface area contributed by atoms with E-state index in [1.54, 1.807) is 0 Å². The van der Waals surface area contributed by atoms with Crippen LogP contribution in [0.5, 0.6) is 0 Å². The molecule has 0 radical (unpaired) electrons. The second-order valence-corrected chi connectivity index (χ2v) is 5.58. The van der Waals surface area contributed by atoms with Crippen LogP contribution in [-0.2, 0) is 6.54 Å². The summed E-state index contributed by atoms with van der Waals surface area (Å²) in [6, 6.07) is 5.95. The van der Waals surface area contributed by atoms with E-state index in [2.05, 4.69) is 12.0 Å². The van der Waals surface area contributed by atoms with Gasteiger partial charge in [0.15, 0.2) is 0 Å². The largest absolute Gasteiger partial charge is 0.465 e. The standard InChI is InChI=1S/C16H19N3O2/c1-3-18-10-13-6-5-12(8-14(13)17-18)15-7-4-11(2)9-19(15)16(20)21/h5-8,10-11H,3-4,9H2,1-2H3,(H,20,21)/t11-/m0/s1. The van der Waals surface area contributed by atoms with Gasteiger partial charge in [-0.1, -0.05) is 25.1 Å². The van der Waals surface area contributed by atoms with Gasteiger partial charge in [-0.25, -0.2) is 4.79 Å². The van der Waals surface area contributed by atoms with Crippen molar-refractivity contribution < 1.29 is 9.90 Å². The Labute approximate surface area is 123 Å². The van der Waals surface area contributed by atoms with E-state index in [1.807, 2.05) is 42.1 Å². The lowest BCUT2D eigenvalue weighted by Crippen LogP contribution is -2.34. The number of amides is 1. The molecule has 5 nitrogen and oxygen atoms in total. The molecule has 1 aromatic carbocycles. The van der Waals surface area contributed by atoms with Crippen LogP contribution < -0.4 is 0 Å². The molecule has 1 amide bonds. The van der Waals surface area contributed by atoms with Crippen molar-refractivity contribution in [3.8, 4) is 0 Å². The average molecular weight is 285 g/mol. The van der Waals surface area contributed by atoms with Gasteiger partial charge in [0.05, 0.1) is 11.2 Å². The molecular weight excluding hydrogens is 266 g/mol. The first-order valence-electron chi connectivity index (χ1n) is 7.26. The molecule has 5 heteroatoms. The number of aryl methyl sites for hydroxylation is 1. The Bertz CT molecular complexity index is 717. The van der Waals surface area contributed by atoms with Crippen molar-refractivity contribution in [3.05, 3.63) is 36.0 Å². The third-order valence-corrected chi connectivity index (χ3v) is 3.90. The monoisotopic (exact) mass is 285 g/mol. The molecule has 0 spiro atoms. The Morgan fingerprint density at radius 1 is 1.48 bits per heavy atom. The molecule has 1 atom stereocenters. The number of rotatable bonds is 2. The van der Waals surface area contributed by atoms with Gasteiger partial charge in [0, 0.05) is 30.2 Å². The second-order valence-electron chi connectivity index (χ2n) is 5.58. The molecule has 3 rings (SSSR count). The van der Waals surface area contributed by atoms with E-state index < -0.39 is 6.09 Å². The lowest BCUT2D eigenvalue weighted by atomic mass is 9.98. The average Bonchev–Trinajstić information content (AvgIpc) is 2.89. The number of hydrogen-bond donors (Lipinski definition) is 1. The van der Waals surface area contributed by atoms with E-state index >= 15 is 0 Å². The molecule has 0 saturated carbocycles. The number of nitrogens with zero attached hydrogens (tertiary/aromatic N) is 3. The van der Waals surface area contributed by atoms with Crippen LogP contribution in [0.2, 0.25) is 0 Å². The zero-order valence-corrected chi connectivity index (χ0v) is 12.3. The summed E-state index contributed by atoms with van der Waals surface area (Å²) in [5.74, 6) is 0.355. The summed E-state index contributed by atoms with van der Waals surface area (Å²) in [6.07, 6.45) is 4.03. The number of benzene rings is 1. The molecule has 1 aromatic heterocycles. The fourth-order valence-corrected chi connectivity index (χ4v) is 2.75. The number of hydrogen-bond acceptors (Lipinski definition) is 2. The number of fused-ring (bicyclic) bond motifs is 1. The van der Waals surface area contributed by atoms with Gasteiger partial charge in [0.1, 0.15) is 0 Å². The van der Waals surface area contributed by atoms with Crippen LogP contribution in [0.1, 0.15) is 25.8 Å². The van der Waals surface area contributed by atoms with Crippen LogP contribution in [0, 0.1) is 5.92 Å². The van der Waals surface area contributed by atoms with Crippen molar-refractivity contribution in [1.82, 2.24) is 14.7 Å². The van der Waals surface area contributed by atoms with Crippen molar-refractivity contribution in [2.75, 3.05) is 6.54 Å². The Balaban J connectivity index is 2.03. The Morgan fingerprint density at radius 3 is 3.00 bits per heavy atom. The van der Waals surface area contributed by atoms with Crippen LogP contribution in [0.25, 0.3) is 16.6 Å². The zero-order chi connectivity index (χ0) is 15.0. The molecule has 2 aromatic rings. The van der Waals surface area contributed by atoms with Gasteiger partial charge in [-0.3, -0.25) is 9.58 Å². The van der Waals surface area contributed by atoms with E-state index in [0.717, 1.165) is 35.1 Å². The molecule has 1 aliphatic rings. The first kappa shape index (κ1) is 13.7. The van der Waals surface area contributed by atoms with Crippen molar-refractivity contribution in [2.24, 2.45) is 5.92 Å². The van der Waals surface area contributed by atoms with Crippen LogP contribution in [-0.4, -0.2) is 32.4 Å². The molecule has 0 bridgehead atoms. The number of carboxylic acid groups (broad SMARTS) is 1. The SMILES string of the molecule is CCn1cc2ccc(C3=CC[C@H](C)CN3C(=O)O)cc2n1. The van der Waals surface area contributed by atoms with Gasteiger partial charge in [0.25, 0.3) is 0 Å². The quantitative estimate of drug-likeness (QED) is 0.919. The summed E-state index contributed by atoms with van der Waals surface area (Å²) >= 11 is 0. The first-order chi connectivity index (χ1) is 10.1. The molecule has 1 aliphatic heterocycles. The highest BCUT2D eigenvalue weighted by Crippen LogP contribution is 2.29. The molecule has 110 valence electrons. The molecule has 0 unspecified atom stereocenters. The van der Waals surface area contributed by atoms with Gasteiger partial charge >= 0.3 is 6.09 Å². The third-order valence-electron chi connectivity index (χ3n) is 3.90.